The lowest BCUT2D eigenvalue weighted by Gasteiger charge is -2.09. The highest BCUT2D eigenvalue weighted by atomic mass is 16.5. The van der Waals surface area contributed by atoms with Crippen LogP contribution in [0.4, 0.5) is 17.2 Å². The Morgan fingerprint density at radius 1 is 1.42 bits per heavy atom. The van der Waals surface area contributed by atoms with Crippen LogP contribution in [0.3, 0.4) is 0 Å². The molecule has 0 spiro atoms. The topological polar surface area (TPSA) is 84.0 Å². The van der Waals surface area contributed by atoms with E-state index in [9.17, 15) is 0 Å². The van der Waals surface area contributed by atoms with Gasteiger partial charge in [-0.2, -0.15) is 5.26 Å². The van der Waals surface area contributed by atoms with E-state index < -0.39 is 0 Å². The van der Waals surface area contributed by atoms with Crippen LogP contribution in [0.1, 0.15) is 11.1 Å². The van der Waals surface area contributed by atoms with E-state index in [0.29, 0.717) is 23.7 Å². The Balaban J connectivity index is 2.21. The number of hydrogen-bond donors (Lipinski definition) is 2. The minimum atomic E-state index is 0.441. The Kier molecular flexibility index (Phi) is 3.96. The fourth-order valence-corrected chi connectivity index (χ4v) is 1.69. The van der Waals surface area contributed by atoms with Gasteiger partial charge in [0.05, 0.1) is 17.9 Å². The number of rotatable bonds is 4. The van der Waals surface area contributed by atoms with Crippen molar-refractivity contribution >= 4 is 17.2 Å². The van der Waals surface area contributed by atoms with E-state index in [2.05, 4.69) is 10.3 Å². The van der Waals surface area contributed by atoms with Crippen LogP contribution in [-0.4, -0.2) is 12.1 Å². The second-order valence-corrected chi connectivity index (χ2v) is 4.03. The smallest absolute Gasteiger partial charge is 0.153 e. The molecule has 0 saturated carbocycles. The number of aromatic nitrogens is 1. The summed E-state index contributed by atoms with van der Waals surface area (Å²) < 4.78 is 5.08. The van der Waals surface area contributed by atoms with Crippen molar-refractivity contribution < 1.29 is 4.74 Å². The number of nitrogens with one attached hydrogen (secondary N) is 1. The maximum atomic E-state index is 8.76. The quantitative estimate of drug-likeness (QED) is 0.875. The number of methoxy groups -OCH3 is 1. The highest BCUT2D eigenvalue weighted by Crippen LogP contribution is 2.22. The summed E-state index contributed by atoms with van der Waals surface area (Å²) in [5.41, 5.74) is 8.65. The number of pyridine rings is 1. The van der Waals surface area contributed by atoms with Crippen LogP contribution in [0.2, 0.25) is 0 Å². The van der Waals surface area contributed by atoms with E-state index in [1.165, 1.54) is 6.20 Å². The molecule has 0 radical (unpaired) electrons. The zero-order chi connectivity index (χ0) is 13.7. The second kappa shape index (κ2) is 5.85. The minimum absolute atomic E-state index is 0.441. The molecule has 0 aliphatic heterocycles. The van der Waals surface area contributed by atoms with Crippen molar-refractivity contribution in [3.8, 4) is 6.07 Å². The fourth-order valence-electron chi connectivity index (χ4n) is 1.69. The van der Waals surface area contributed by atoms with Crippen molar-refractivity contribution in [2.45, 2.75) is 6.61 Å². The van der Waals surface area contributed by atoms with Crippen molar-refractivity contribution in [2.24, 2.45) is 0 Å². The first-order chi connectivity index (χ1) is 9.22. The van der Waals surface area contributed by atoms with E-state index in [0.717, 1.165) is 11.3 Å². The summed E-state index contributed by atoms with van der Waals surface area (Å²) in [6, 6.07) is 11.4. The van der Waals surface area contributed by atoms with Crippen molar-refractivity contribution in [3.63, 3.8) is 0 Å². The molecule has 2 aromatic rings. The molecule has 5 heteroatoms. The van der Waals surface area contributed by atoms with Gasteiger partial charge in [-0.05, 0) is 23.8 Å². The van der Waals surface area contributed by atoms with Gasteiger partial charge in [-0.1, -0.05) is 12.1 Å². The van der Waals surface area contributed by atoms with Crippen LogP contribution in [-0.2, 0) is 11.3 Å². The Morgan fingerprint density at radius 2 is 2.26 bits per heavy atom. The van der Waals surface area contributed by atoms with Crippen LogP contribution < -0.4 is 11.1 Å². The predicted octanol–water partition coefficient (Wildman–Crippen LogP) is 2.43. The molecule has 19 heavy (non-hydrogen) atoms. The summed E-state index contributed by atoms with van der Waals surface area (Å²) in [7, 11) is 1.65. The van der Waals surface area contributed by atoms with E-state index >= 15 is 0 Å². The molecule has 0 amide bonds. The zero-order valence-corrected chi connectivity index (χ0v) is 10.6. The molecule has 0 unspecified atom stereocenters. The first kappa shape index (κ1) is 12.9. The van der Waals surface area contributed by atoms with Gasteiger partial charge in [0.2, 0.25) is 0 Å². The summed E-state index contributed by atoms with van der Waals surface area (Å²) in [5, 5.41) is 11.9. The number of nitrogens with two attached hydrogens (primary N) is 1. The lowest BCUT2D eigenvalue weighted by Crippen LogP contribution is -2.00. The Morgan fingerprint density at radius 3 is 2.95 bits per heavy atom. The van der Waals surface area contributed by atoms with Crippen molar-refractivity contribution in [1.29, 1.82) is 5.26 Å². The molecule has 1 aromatic carbocycles. The number of nitrogen functional groups attached to an aromatic ring is 1. The molecule has 1 heterocycles. The van der Waals surface area contributed by atoms with E-state index in [4.69, 9.17) is 15.7 Å². The maximum absolute atomic E-state index is 8.76. The molecule has 96 valence electrons. The Labute approximate surface area is 111 Å². The van der Waals surface area contributed by atoms with Crippen LogP contribution >= 0.6 is 0 Å². The molecule has 1 aromatic heterocycles. The number of nitrogens with zero attached hydrogens (tertiary/aromatic N) is 2. The van der Waals surface area contributed by atoms with Gasteiger partial charge in [-0.15, -0.1) is 0 Å². The predicted molar refractivity (Wildman–Crippen MR) is 73.8 cm³/mol. The van der Waals surface area contributed by atoms with Gasteiger partial charge in [0.1, 0.15) is 6.07 Å². The highest BCUT2D eigenvalue weighted by Gasteiger charge is 2.03. The number of hydrogen-bond acceptors (Lipinski definition) is 5. The van der Waals surface area contributed by atoms with Crippen LogP contribution in [0.15, 0.2) is 36.5 Å². The summed E-state index contributed by atoms with van der Waals surface area (Å²) >= 11 is 0. The third-order valence-corrected chi connectivity index (χ3v) is 2.55. The molecule has 0 aliphatic rings. The summed E-state index contributed by atoms with van der Waals surface area (Å²) in [4.78, 5) is 4.13. The Bertz CT molecular complexity index is 619. The SMILES string of the molecule is COCc1cccc(Nc2ncc(C#N)cc2N)c1. The summed E-state index contributed by atoms with van der Waals surface area (Å²) in [6.07, 6.45) is 1.48. The van der Waals surface area contributed by atoms with Gasteiger partial charge in [0.15, 0.2) is 5.82 Å². The van der Waals surface area contributed by atoms with E-state index in [1.54, 1.807) is 13.2 Å². The maximum Gasteiger partial charge on any atom is 0.153 e. The number of anilines is 3. The average molecular weight is 254 g/mol. The van der Waals surface area contributed by atoms with E-state index in [-0.39, 0.29) is 0 Å². The van der Waals surface area contributed by atoms with Crippen LogP contribution in [0, 0.1) is 11.3 Å². The number of ether oxygens (including phenoxy) is 1. The molecule has 5 nitrogen and oxygen atoms in total. The van der Waals surface area contributed by atoms with Crippen molar-refractivity contribution in [1.82, 2.24) is 4.98 Å². The summed E-state index contributed by atoms with van der Waals surface area (Å²) in [5.74, 6) is 0.536. The monoisotopic (exact) mass is 254 g/mol. The minimum Gasteiger partial charge on any atom is -0.396 e. The average Bonchev–Trinajstić information content (AvgIpc) is 2.42. The normalized spacial score (nSPS) is 9.89. The van der Waals surface area contributed by atoms with Gasteiger partial charge in [-0.25, -0.2) is 4.98 Å². The molecular formula is C14H14N4O. The van der Waals surface area contributed by atoms with Gasteiger partial charge in [0, 0.05) is 19.0 Å². The number of benzene rings is 1. The molecule has 0 bridgehead atoms. The molecule has 0 fully saturated rings. The third kappa shape index (κ3) is 3.21. The highest BCUT2D eigenvalue weighted by molar-refractivity contribution is 5.69. The zero-order valence-electron chi connectivity index (χ0n) is 10.6. The molecule has 0 saturated heterocycles. The molecule has 3 N–H and O–H groups in total. The molecule has 0 aliphatic carbocycles. The lowest BCUT2D eigenvalue weighted by molar-refractivity contribution is 0.185. The van der Waals surface area contributed by atoms with Crippen LogP contribution in [0.25, 0.3) is 0 Å². The Hall–Kier alpha value is -2.58. The van der Waals surface area contributed by atoms with E-state index in [1.807, 2.05) is 30.3 Å². The first-order valence-electron chi connectivity index (χ1n) is 5.73. The van der Waals surface area contributed by atoms with Crippen LogP contribution in [0.5, 0.6) is 0 Å². The largest absolute Gasteiger partial charge is 0.396 e. The standard InChI is InChI=1S/C14H14N4O/c1-19-9-10-3-2-4-12(5-10)18-14-13(16)6-11(7-15)8-17-14/h2-6,8H,9,16H2,1H3,(H,17,18). The van der Waals surface area contributed by atoms with Gasteiger partial charge < -0.3 is 15.8 Å². The first-order valence-corrected chi connectivity index (χ1v) is 5.73. The summed E-state index contributed by atoms with van der Waals surface area (Å²) in [6.45, 7) is 0.547. The molecular weight excluding hydrogens is 240 g/mol. The third-order valence-electron chi connectivity index (χ3n) is 2.55. The fraction of sp³-hybridized carbons (Fsp3) is 0.143. The number of nitriles is 1. The van der Waals surface area contributed by atoms with Crippen molar-refractivity contribution in [3.05, 3.63) is 47.7 Å². The molecule has 2 rings (SSSR count). The second-order valence-electron chi connectivity index (χ2n) is 4.03. The van der Waals surface area contributed by atoms with Crippen molar-refractivity contribution in [2.75, 3.05) is 18.2 Å². The molecule has 0 atom stereocenters. The lowest BCUT2D eigenvalue weighted by atomic mass is 10.2. The van der Waals surface area contributed by atoms with Gasteiger partial charge in [-0.3, -0.25) is 0 Å². The van der Waals surface area contributed by atoms with Gasteiger partial charge >= 0.3 is 0 Å². The van der Waals surface area contributed by atoms with Gasteiger partial charge in [0.25, 0.3) is 0 Å².